The molecule has 0 bridgehead atoms. The number of benzene rings is 3. The van der Waals surface area contributed by atoms with E-state index in [1.165, 1.54) is 6.21 Å². The number of carbonyl (C=O) groups excluding carboxylic acids is 2. The first-order chi connectivity index (χ1) is 15.1. The average Bonchev–Trinajstić information content (AvgIpc) is 2.81. The number of carbonyl (C=O) groups is 2. The minimum atomic E-state index is -1.32. The number of esters is 1. The molecule has 0 saturated carbocycles. The molecule has 31 heavy (non-hydrogen) atoms. The van der Waals surface area contributed by atoms with E-state index in [0.717, 1.165) is 0 Å². The Morgan fingerprint density at radius 2 is 1.68 bits per heavy atom. The van der Waals surface area contributed by atoms with Crippen LogP contribution in [-0.2, 0) is 4.79 Å². The number of nitrogens with zero attached hydrogens (tertiary/aromatic N) is 1. The quantitative estimate of drug-likeness (QED) is 0.253. The second-order valence-electron chi connectivity index (χ2n) is 6.44. The Morgan fingerprint density at radius 3 is 2.35 bits per heavy atom. The second kappa shape index (κ2) is 10.7. The van der Waals surface area contributed by atoms with Crippen LogP contribution in [0, 0.1) is 0 Å². The number of ether oxygens (including phenoxy) is 2. The predicted molar refractivity (Wildman–Crippen MR) is 116 cm³/mol. The van der Waals surface area contributed by atoms with Gasteiger partial charge in [0.05, 0.1) is 18.4 Å². The fourth-order valence-corrected chi connectivity index (χ4v) is 2.71. The smallest absolute Gasteiger partial charge is 0.343 e. The molecule has 3 aromatic rings. The molecule has 0 heterocycles. The third-order valence-corrected chi connectivity index (χ3v) is 4.23. The Hall–Kier alpha value is -3.97. The number of rotatable bonds is 8. The number of hydrogen-bond acceptors (Lipinski definition) is 6. The largest absolute Gasteiger partial charge is 0.490 e. The van der Waals surface area contributed by atoms with Crippen LogP contribution in [0.2, 0.25) is 0 Å². The van der Waals surface area contributed by atoms with E-state index in [4.69, 9.17) is 9.47 Å². The Balaban J connectivity index is 1.67. The first-order valence-corrected chi connectivity index (χ1v) is 9.68. The van der Waals surface area contributed by atoms with Gasteiger partial charge in [-0.3, -0.25) is 4.79 Å². The van der Waals surface area contributed by atoms with Gasteiger partial charge in [0.1, 0.15) is 0 Å². The molecule has 1 atom stereocenters. The number of hydrogen-bond donors (Lipinski definition) is 2. The zero-order valence-corrected chi connectivity index (χ0v) is 16.9. The minimum absolute atomic E-state index is 0.274. The van der Waals surface area contributed by atoms with Crippen LogP contribution >= 0.6 is 0 Å². The van der Waals surface area contributed by atoms with Gasteiger partial charge in [0, 0.05) is 0 Å². The van der Waals surface area contributed by atoms with Crippen LogP contribution in [0.1, 0.15) is 34.5 Å². The van der Waals surface area contributed by atoms with E-state index in [1.807, 2.05) is 13.0 Å². The summed E-state index contributed by atoms with van der Waals surface area (Å²) in [5.41, 5.74) is 3.81. The van der Waals surface area contributed by atoms with Crippen LogP contribution in [0.25, 0.3) is 0 Å². The molecule has 0 spiro atoms. The SMILES string of the molecule is CCOc1cc(/C=N\NC(=O)[C@H](O)c2ccccc2)ccc1OC(=O)c1ccccc1. The van der Waals surface area contributed by atoms with Gasteiger partial charge < -0.3 is 14.6 Å². The summed E-state index contributed by atoms with van der Waals surface area (Å²) in [5, 5.41) is 13.9. The van der Waals surface area contributed by atoms with Gasteiger partial charge in [-0.2, -0.15) is 5.10 Å². The standard InChI is InChI=1S/C24H22N2O5/c1-2-30-21-15-17(13-14-20(21)31-24(29)19-11-7-4-8-12-19)16-25-26-23(28)22(27)18-9-5-3-6-10-18/h3-16,22,27H,2H2,1H3,(H,26,28)/b25-16-/t22-/m1/s1. The van der Waals surface area contributed by atoms with Crippen LogP contribution in [0.3, 0.4) is 0 Å². The van der Waals surface area contributed by atoms with Crippen molar-refractivity contribution in [2.45, 2.75) is 13.0 Å². The summed E-state index contributed by atoms with van der Waals surface area (Å²) in [5.74, 6) is -0.506. The molecule has 158 valence electrons. The maximum Gasteiger partial charge on any atom is 0.343 e. The highest BCUT2D eigenvalue weighted by molar-refractivity contribution is 5.91. The highest BCUT2D eigenvalue weighted by Gasteiger charge is 2.16. The van der Waals surface area contributed by atoms with Crippen LogP contribution < -0.4 is 14.9 Å². The summed E-state index contributed by atoms with van der Waals surface area (Å²) in [4.78, 5) is 24.4. The average molecular weight is 418 g/mol. The highest BCUT2D eigenvalue weighted by Crippen LogP contribution is 2.29. The molecule has 0 unspecified atom stereocenters. The van der Waals surface area contributed by atoms with E-state index in [-0.39, 0.29) is 5.75 Å². The molecule has 0 aliphatic heterocycles. The minimum Gasteiger partial charge on any atom is -0.490 e. The molecule has 7 nitrogen and oxygen atoms in total. The molecule has 3 aromatic carbocycles. The predicted octanol–water partition coefficient (Wildman–Crippen LogP) is 3.49. The zero-order chi connectivity index (χ0) is 22.1. The van der Waals surface area contributed by atoms with Crippen molar-refractivity contribution < 1.29 is 24.2 Å². The first-order valence-electron chi connectivity index (χ1n) is 9.68. The lowest BCUT2D eigenvalue weighted by Crippen LogP contribution is -2.25. The van der Waals surface area contributed by atoms with Crippen LogP contribution in [0.5, 0.6) is 11.5 Å². The van der Waals surface area contributed by atoms with Crippen molar-refractivity contribution in [2.24, 2.45) is 5.10 Å². The lowest BCUT2D eigenvalue weighted by atomic mass is 10.1. The monoisotopic (exact) mass is 418 g/mol. The van der Waals surface area contributed by atoms with Gasteiger partial charge >= 0.3 is 5.97 Å². The second-order valence-corrected chi connectivity index (χ2v) is 6.44. The number of nitrogens with one attached hydrogen (secondary N) is 1. The molecular weight excluding hydrogens is 396 g/mol. The van der Waals surface area contributed by atoms with E-state index >= 15 is 0 Å². The van der Waals surface area contributed by atoms with Gasteiger partial charge in [-0.05, 0) is 48.4 Å². The fraction of sp³-hybridized carbons (Fsp3) is 0.125. The van der Waals surface area contributed by atoms with Crippen LogP contribution in [0.15, 0.2) is 84.0 Å². The number of aliphatic hydroxyl groups excluding tert-OH is 1. The Morgan fingerprint density at radius 1 is 1.00 bits per heavy atom. The molecule has 0 aliphatic rings. The number of hydrazone groups is 1. The molecule has 3 rings (SSSR count). The van der Waals surface area contributed by atoms with Crippen molar-refractivity contribution >= 4 is 18.1 Å². The summed E-state index contributed by atoms with van der Waals surface area (Å²) >= 11 is 0. The Labute approximate surface area is 179 Å². The van der Waals surface area contributed by atoms with Gasteiger partial charge in [-0.25, -0.2) is 10.2 Å². The Bertz CT molecular complexity index is 1050. The van der Waals surface area contributed by atoms with Crippen molar-refractivity contribution in [3.8, 4) is 11.5 Å². The third-order valence-electron chi connectivity index (χ3n) is 4.23. The van der Waals surface area contributed by atoms with E-state index < -0.39 is 18.0 Å². The molecule has 0 aliphatic carbocycles. The van der Waals surface area contributed by atoms with E-state index in [2.05, 4.69) is 10.5 Å². The summed E-state index contributed by atoms with van der Waals surface area (Å²) in [7, 11) is 0. The van der Waals surface area contributed by atoms with Crippen molar-refractivity contribution in [1.82, 2.24) is 5.43 Å². The molecular formula is C24H22N2O5. The molecule has 1 amide bonds. The number of amides is 1. The molecule has 0 fully saturated rings. The fourth-order valence-electron chi connectivity index (χ4n) is 2.71. The molecule has 0 saturated heterocycles. The number of aliphatic hydroxyl groups is 1. The lowest BCUT2D eigenvalue weighted by Gasteiger charge is -2.11. The molecule has 0 aromatic heterocycles. The summed E-state index contributed by atoms with van der Waals surface area (Å²) < 4.78 is 11.0. The van der Waals surface area contributed by atoms with E-state index in [1.54, 1.807) is 72.8 Å². The normalized spacial score (nSPS) is 11.7. The van der Waals surface area contributed by atoms with Crippen molar-refractivity contribution in [3.05, 3.63) is 95.6 Å². The Kier molecular flexibility index (Phi) is 7.50. The van der Waals surface area contributed by atoms with Crippen LogP contribution in [0.4, 0.5) is 0 Å². The van der Waals surface area contributed by atoms with E-state index in [0.29, 0.717) is 29.0 Å². The van der Waals surface area contributed by atoms with Gasteiger partial charge in [-0.15, -0.1) is 0 Å². The summed E-state index contributed by atoms with van der Waals surface area (Å²) in [6.07, 6.45) is 0.0816. The summed E-state index contributed by atoms with van der Waals surface area (Å²) in [6, 6.07) is 22.1. The van der Waals surface area contributed by atoms with Crippen molar-refractivity contribution in [3.63, 3.8) is 0 Å². The van der Waals surface area contributed by atoms with Crippen LogP contribution in [-0.4, -0.2) is 29.8 Å². The lowest BCUT2D eigenvalue weighted by molar-refractivity contribution is -0.129. The summed E-state index contributed by atoms with van der Waals surface area (Å²) in [6.45, 7) is 2.19. The molecule has 0 radical (unpaired) electrons. The maximum absolute atomic E-state index is 12.3. The first kappa shape index (κ1) is 21.7. The van der Waals surface area contributed by atoms with Gasteiger partial charge in [0.2, 0.25) is 0 Å². The van der Waals surface area contributed by atoms with Gasteiger partial charge in [-0.1, -0.05) is 48.5 Å². The zero-order valence-electron chi connectivity index (χ0n) is 16.9. The third kappa shape index (κ3) is 6.01. The molecule has 2 N–H and O–H groups in total. The molecule has 7 heteroatoms. The van der Waals surface area contributed by atoms with E-state index in [9.17, 15) is 14.7 Å². The topological polar surface area (TPSA) is 97.2 Å². The highest BCUT2D eigenvalue weighted by atomic mass is 16.6. The van der Waals surface area contributed by atoms with Crippen molar-refractivity contribution in [1.29, 1.82) is 0 Å². The van der Waals surface area contributed by atoms with Crippen molar-refractivity contribution in [2.75, 3.05) is 6.61 Å². The van der Waals surface area contributed by atoms with Gasteiger partial charge in [0.25, 0.3) is 5.91 Å². The maximum atomic E-state index is 12.3. The van der Waals surface area contributed by atoms with Gasteiger partial charge in [0.15, 0.2) is 17.6 Å².